The molecule has 0 aliphatic carbocycles. The molecule has 0 atom stereocenters. The normalized spacial score (nSPS) is 12.2. The van der Waals surface area contributed by atoms with Crippen LogP contribution in [0.1, 0.15) is 5.56 Å². The van der Waals surface area contributed by atoms with E-state index < -0.39 is 12.8 Å². The van der Waals surface area contributed by atoms with Gasteiger partial charge in [0.2, 0.25) is 0 Å². The van der Waals surface area contributed by atoms with Gasteiger partial charge in [-0.05, 0) is 12.1 Å². The second-order valence-electron chi connectivity index (χ2n) is 4.05. The van der Waals surface area contributed by atoms with Crippen molar-refractivity contribution in [1.29, 1.82) is 0 Å². The van der Waals surface area contributed by atoms with Crippen LogP contribution in [0.5, 0.6) is 0 Å². The summed E-state index contributed by atoms with van der Waals surface area (Å²) in [6, 6.07) is 3.55. The number of hydrogen-bond acceptors (Lipinski definition) is 3. The predicted molar refractivity (Wildman–Crippen MR) is 62.5 cm³/mol. The molecule has 0 spiro atoms. The molecular formula is C12H13F3N2O2. The molecule has 19 heavy (non-hydrogen) atoms. The van der Waals surface area contributed by atoms with Gasteiger partial charge in [-0.2, -0.15) is 13.2 Å². The summed E-state index contributed by atoms with van der Waals surface area (Å²) in [6.45, 7) is -1.21. The molecule has 0 radical (unpaired) electrons. The minimum absolute atomic E-state index is 0.0647. The van der Waals surface area contributed by atoms with Crippen LogP contribution in [-0.4, -0.2) is 34.0 Å². The number of fused-ring (bicyclic) bond motifs is 1. The summed E-state index contributed by atoms with van der Waals surface area (Å²) in [7, 11) is 0. The van der Waals surface area contributed by atoms with Gasteiger partial charge in [-0.3, -0.25) is 0 Å². The third-order valence-electron chi connectivity index (χ3n) is 2.63. The van der Waals surface area contributed by atoms with Gasteiger partial charge in [0.05, 0.1) is 13.2 Å². The van der Waals surface area contributed by atoms with Crippen LogP contribution in [0, 0.1) is 0 Å². The highest BCUT2D eigenvalue weighted by atomic mass is 19.4. The average molecular weight is 274 g/mol. The molecule has 2 aromatic heterocycles. The monoisotopic (exact) mass is 274 g/mol. The summed E-state index contributed by atoms with van der Waals surface area (Å²) in [5.74, 6) is 0. The van der Waals surface area contributed by atoms with Gasteiger partial charge in [-0.1, -0.05) is 0 Å². The molecule has 4 nitrogen and oxygen atoms in total. The van der Waals surface area contributed by atoms with Crippen molar-refractivity contribution in [3.63, 3.8) is 0 Å². The number of aliphatic hydroxyl groups is 1. The Hall–Kier alpha value is -1.60. The summed E-state index contributed by atoms with van der Waals surface area (Å²) >= 11 is 0. The zero-order chi connectivity index (χ0) is 13.9. The second kappa shape index (κ2) is 5.58. The van der Waals surface area contributed by atoms with E-state index in [1.165, 1.54) is 0 Å². The topological polar surface area (TPSA) is 47.3 Å². The SMILES string of the molecule is OCc1cn(CCOCC(F)(F)F)c2ncccc12. The van der Waals surface area contributed by atoms with E-state index in [1.807, 2.05) is 0 Å². The van der Waals surface area contributed by atoms with Crippen molar-refractivity contribution < 1.29 is 23.0 Å². The lowest BCUT2D eigenvalue weighted by Gasteiger charge is -2.08. The Morgan fingerprint density at radius 1 is 1.37 bits per heavy atom. The van der Waals surface area contributed by atoms with E-state index >= 15 is 0 Å². The number of nitrogens with zero attached hydrogens (tertiary/aromatic N) is 2. The summed E-state index contributed by atoms with van der Waals surface area (Å²) in [5.41, 5.74) is 1.32. The highest BCUT2D eigenvalue weighted by Gasteiger charge is 2.27. The Balaban J connectivity index is 2.05. The molecule has 0 aliphatic rings. The molecule has 0 fully saturated rings. The first-order chi connectivity index (χ1) is 9.01. The fourth-order valence-electron chi connectivity index (χ4n) is 1.84. The van der Waals surface area contributed by atoms with Crippen molar-refractivity contribution in [2.45, 2.75) is 19.3 Å². The average Bonchev–Trinajstić information content (AvgIpc) is 2.72. The molecule has 0 aromatic carbocycles. The van der Waals surface area contributed by atoms with Gasteiger partial charge in [0, 0.05) is 29.9 Å². The van der Waals surface area contributed by atoms with E-state index in [4.69, 9.17) is 0 Å². The summed E-state index contributed by atoms with van der Waals surface area (Å²) in [5, 5.41) is 10.00. The number of hydrogen-bond donors (Lipinski definition) is 1. The van der Waals surface area contributed by atoms with E-state index in [1.54, 1.807) is 29.1 Å². The Labute approximate surface area is 107 Å². The predicted octanol–water partition coefficient (Wildman–Crippen LogP) is 2.11. The van der Waals surface area contributed by atoms with Crippen molar-refractivity contribution in [3.8, 4) is 0 Å². The molecule has 104 valence electrons. The molecule has 0 unspecified atom stereocenters. The largest absolute Gasteiger partial charge is 0.411 e. The number of halogens is 3. The molecular weight excluding hydrogens is 261 g/mol. The number of pyridine rings is 1. The fourth-order valence-corrected chi connectivity index (χ4v) is 1.84. The molecule has 0 amide bonds. The van der Waals surface area contributed by atoms with Crippen LogP contribution in [0.25, 0.3) is 11.0 Å². The summed E-state index contributed by atoms with van der Waals surface area (Å²) < 4.78 is 42.0. The van der Waals surface area contributed by atoms with Gasteiger partial charge in [-0.15, -0.1) is 0 Å². The van der Waals surface area contributed by atoms with E-state index in [-0.39, 0.29) is 19.8 Å². The second-order valence-corrected chi connectivity index (χ2v) is 4.05. The molecule has 7 heteroatoms. The molecule has 2 rings (SSSR count). The lowest BCUT2D eigenvalue weighted by molar-refractivity contribution is -0.174. The van der Waals surface area contributed by atoms with E-state index in [9.17, 15) is 18.3 Å². The van der Waals surface area contributed by atoms with Crippen LogP contribution in [0.3, 0.4) is 0 Å². The molecule has 1 N–H and O–H groups in total. The molecule has 2 aromatic rings. The van der Waals surface area contributed by atoms with Crippen molar-refractivity contribution >= 4 is 11.0 Å². The van der Waals surface area contributed by atoms with Gasteiger partial charge >= 0.3 is 6.18 Å². The minimum Gasteiger partial charge on any atom is -0.392 e. The van der Waals surface area contributed by atoms with Gasteiger partial charge < -0.3 is 14.4 Å². The first-order valence-electron chi connectivity index (χ1n) is 5.69. The quantitative estimate of drug-likeness (QED) is 0.849. The Morgan fingerprint density at radius 3 is 2.84 bits per heavy atom. The van der Waals surface area contributed by atoms with E-state index in [2.05, 4.69) is 9.72 Å². The highest BCUT2D eigenvalue weighted by Crippen LogP contribution is 2.19. The van der Waals surface area contributed by atoms with Crippen molar-refractivity contribution in [2.24, 2.45) is 0 Å². The number of aromatic nitrogens is 2. The molecule has 0 saturated heterocycles. The Morgan fingerprint density at radius 2 is 2.16 bits per heavy atom. The fraction of sp³-hybridized carbons (Fsp3) is 0.417. The number of ether oxygens (including phenoxy) is 1. The molecule has 0 saturated carbocycles. The minimum atomic E-state index is -4.31. The summed E-state index contributed by atoms with van der Waals surface area (Å²) in [6.07, 6.45) is -1.04. The third-order valence-corrected chi connectivity index (χ3v) is 2.63. The van der Waals surface area contributed by atoms with Crippen LogP contribution >= 0.6 is 0 Å². The molecule has 2 heterocycles. The number of rotatable bonds is 5. The van der Waals surface area contributed by atoms with Gasteiger partial charge in [0.25, 0.3) is 0 Å². The van der Waals surface area contributed by atoms with E-state index in [0.717, 1.165) is 5.39 Å². The maximum Gasteiger partial charge on any atom is 0.411 e. The van der Waals surface area contributed by atoms with Crippen LogP contribution in [0.2, 0.25) is 0 Å². The Bertz CT molecular complexity index is 551. The Kier molecular flexibility index (Phi) is 4.06. The highest BCUT2D eigenvalue weighted by molar-refractivity contribution is 5.80. The first-order valence-corrected chi connectivity index (χ1v) is 5.69. The van der Waals surface area contributed by atoms with Crippen LogP contribution in [0.4, 0.5) is 13.2 Å². The zero-order valence-corrected chi connectivity index (χ0v) is 10.0. The van der Waals surface area contributed by atoms with Crippen molar-refractivity contribution in [3.05, 3.63) is 30.1 Å². The zero-order valence-electron chi connectivity index (χ0n) is 10.0. The lowest BCUT2D eigenvalue weighted by Crippen LogP contribution is -2.18. The maximum atomic E-state index is 11.9. The van der Waals surface area contributed by atoms with Crippen molar-refractivity contribution in [2.75, 3.05) is 13.2 Å². The molecule has 0 bridgehead atoms. The lowest BCUT2D eigenvalue weighted by atomic mass is 10.2. The van der Waals surface area contributed by atoms with Crippen LogP contribution in [-0.2, 0) is 17.9 Å². The number of aliphatic hydroxyl groups excluding tert-OH is 1. The van der Waals surface area contributed by atoms with E-state index in [0.29, 0.717) is 11.2 Å². The van der Waals surface area contributed by atoms with Crippen molar-refractivity contribution in [1.82, 2.24) is 9.55 Å². The standard InChI is InChI=1S/C12H13F3N2O2/c13-12(14,15)8-19-5-4-17-6-9(7-18)10-2-1-3-16-11(10)17/h1-3,6,18H,4-5,7-8H2. The maximum absolute atomic E-state index is 11.9. The van der Waals surface area contributed by atoms with Gasteiger partial charge in [0.1, 0.15) is 12.3 Å². The van der Waals surface area contributed by atoms with Crippen LogP contribution < -0.4 is 0 Å². The van der Waals surface area contributed by atoms with Gasteiger partial charge in [-0.25, -0.2) is 4.98 Å². The van der Waals surface area contributed by atoms with Gasteiger partial charge in [0.15, 0.2) is 0 Å². The first kappa shape index (κ1) is 13.8. The number of alkyl halides is 3. The molecule has 0 aliphatic heterocycles. The summed E-state index contributed by atoms with van der Waals surface area (Å²) in [4.78, 5) is 4.15. The van der Waals surface area contributed by atoms with Crippen LogP contribution in [0.15, 0.2) is 24.5 Å². The smallest absolute Gasteiger partial charge is 0.392 e. The third kappa shape index (κ3) is 3.45.